The lowest BCUT2D eigenvalue weighted by molar-refractivity contribution is -0.147. The van der Waals surface area contributed by atoms with E-state index in [1.165, 1.54) is 0 Å². The van der Waals surface area contributed by atoms with Gasteiger partial charge in [-0.05, 0) is 68.7 Å². The summed E-state index contributed by atoms with van der Waals surface area (Å²) in [6.45, 7) is 5.96. The lowest BCUT2D eigenvalue weighted by atomic mass is 10.1. The van der Waals surface area contributed by atoms with E-state index in [-0.39, 0.29) is 25.4 Å². The molecular formula is C23H28N2O5. The molecule has 0 spiro atoms. The molecule has 0 radical (unpaired) electrons. The van der Waals surface area contributed by atoms with Gasteiger partial charge in [0.25, 0.3) is 5.91 Å². The summed E-state index contributed by atoms with van der Waals surface area (Å²) in [7, 11) is 0. The number of aryl methyl sites for hydroxylation is 2. The molecule has 160 valence electrons. The SMILES string of the molecule is CCOc1ccc(NC(=O)COC(=O)CCCC(=O)Nc2cc(C)ccc2C)cc1. The highest BCUT2D eigenvalue weighted by atomic mass is 16.5. The molecule has 0 bridgehead atoms. The van der Waals surface area contributed by atoms with E-state index in [2.05, 4.69) is 10.6 Å². The molecule has 2 rings (SSSR count). The van der Waals surface area contributed by atoms with E-state index in [1.807, 2.05) is 39.0 Å². The maximum atomic E-state index is 12.1. The number of carbonyl (C=O) groups excluding carboxylic acids is 3. The Labute approximate surface area is 176 Å². The number of benzene rings is 2. The highest BCUT2D eigenvalue weighted by Crippen LogP contribution is 2.17. The number of anilines is 2. The van der Waals surface area contributed by atoms with Crippen LogP contribution in [0.1, 0.15) is 37.3 Å². The van der Waals surface area contributed by atoms with Crippen LogP contribution >= 0.6 is 0 Å². The van der Waals surface area contributed by atoms with Gasteiger partial charge in [0.1, 0.15) is 5.75 Å². The average Bonchev–Trinajstić information content (AvgIpc) is 2.71. The van der Waals surface area contributed by atoms with Crippen molar-refractivity contribution >= 4 is 29.2 Å². The second kappa shape index (κ2) is 11.6. The van der Waals surface area contributed by atoms with Gasteiger partial charge in [-0.2, -0.15) is 0 Å². The molecule has 0 aliphatic rings. The molecule has 2 aromatic carbocycles. The first-order chi connectivity index (χ1) is 14.4. The molecule has 7 heteroatoms. The molecule has 7 nitrogen and oxygen atoms in total. The number of nitrogens with one attached hydrogen (secondary N) is 2. The Hall–Kier alpha value is -3.35. The topological polar surface area (TPSA) is 93.7 Å². The first-order valence-corrected chi connectivity index (χ1v) is 9.93. The van der Waals surface area contributed by atoms with Crippen LogP contribution in [0.25, 0.3) is 0 Å². The van der Waals surface area contributed by atoms with Gasteiger partial charge in [-0.1, -0.05) is 12.1 Å². The largest absolute Gasteiger partial charge is 0.494 e. The van der Waals surface area contributed by atoms with Crippen molar-refractivity contribution in [3.8, 4) is 5.75 Å². The number of rotatable bonds is 10. The van der Waals surface area contributed by atoms with E-state index in [1.54, 1.807) is 24.3 Å². The van der Waals surface area contributed by atoms with Crippen molar-refractivity contribution in [2.45, 2.75) is 40.0 Å². The van der Waals surface area contributed by atoms with Crippen molar-refractivity contribution in [1.82, 2.24) is 0 Å². The van der Waals surface area contributed by atoms with Gasteiger partial charge in [-0.25, -0.2) is 0 Å². The normalized spacial score (nSPS) is 10.2. The minimum absolute atomic E-state index is 0.0660. The third-order valence-electron chi connectivity index (χ3n) is 4.27. The number of carbonyl (C=O) groups is 3. The fourth-order valence-corrected chi connectivity index (χ4v) is 2.69. The summed E-state index contributed by atoms with van der Waals surface area (Å²) >= 11 is 0. The van der Waals surface area contributed by atoms with E-state index in [0.29, 0.717) is 24.5 Å². The third-order valence-corrected chi connectivity index (χ3v) is 4.27. The molecule has 2 aromatic rings. The fourth-order valence-electron chi connectivity index (χ4n) is 2.69. The Morgan fingerprint density at radius 1 is 0.900 bits per heavy atom. The monoisotopic (exact) mass is 412 g/mol. The number of esters is 1. The molecule has 0 heterocycles. The predicted molar refractivity (Wildman–Crippen MR) is 116 cm³/mol. The van der Waals surface area contributed by atoms with Gasteiger partial charge in [-0.3, -0.25) is 14.4 Å². The summed E-state index contributed by atoms with van der Waals surface area (Å²) in [5, 5.41) is 5.49. The van der Waals surface area contributed by atoms with E-state index in [0.717, 1.165) is 16.8 Å². The zero-order valence-corrected chi connectivity index (χ0v) is 17.6. The van der Waals surface area contributed by atoms with Crippen LogP contribution in [0.5, 0.6) is 5.75 Å². The average molecular weight is 412 g/mol. The Balaban J connectivity index is 1.65. The molecule has 0 saturated heterocycles. The fraction of sp³-hybridized carbons (Fsp3) is 0.348. The zero-order valence-electron chi connectivity index (χ0n) is 17.6. The first kappa shape index (κ1) is 22.9. The standard InChI is InChI=1S/C23H28N2O5/c1-4-29-19-12-10-18(11-13-19)24-22(27)15-30-23(28)7-5-6-21(26)25-20-14-16(2)8-9-17(20)3/h8-14H,4-7,15H2,1-3H3,(H,24,27)(H,25,26). The number of ether oxygens (including phenoxy) is 2. The summed E-state index contributed by atoms with van der Waals surface area (Å²) in [4.78, 5) is 35.7. The highest BCUT2D eigenvalue weighted by Gasteiger charge is 2.10. The van der Waals surface area contributed by atoms with Crippen molar-refractivity contribution in [2.24, 2.45) is 0 Å². The number of hydrogen-bond donors (Lipinski definition) is 2. The molecular weight excluding hydrogens is 384 g/mol. The Morgan fingerprint density at radius 3 is 2.33 bits per heavy atom. The van der Waals surface area contributed by atoms with Gasteiger partial charge in [0.2, 0.25) is 5.91 Å². The van der Waals surface area contributed by atoms with Gasteiger partial charge in [0.05, 0.1) is 6.61 Å². The minimum atomic E-state index is -0.517. The van der Waals surface area contributed by atoms with E-state index < -0.39 is 11.9 Å². The Morgan fingerprint density at radius 2 is 1.63 bits per heavy atom. The summed E-state index contributed by atoms with van der Waals surface area (Å²) in [6.07, 6.45) is 0.605. The van der Waals surface area contributed by atoms with Crippen LogP contribution in [0.15, 0.2) is 42.5 Å². The number of hydrogen-bond acceptors (Lipinski definition) is 5. The van der Waals surface area contributed by atoms with Gasteiger partial charge in [0, 0.05) is 24.2 Å². The zero-order chi connectivity index (χ0) is 21.9. The van der Waals surface area contributed by atoms with Gasteiger partial charge in [-0.15, -0.1) is 0 Å². The summed E-state index contributed by atoms with van der Waals surface area (Å²) < 4.78 is 10.3. The molecule has 0 aromatic heterocycles. The Kier molecular flexibility index (Phi) is 8.87. The van der Waals surface area contributed by atoms with Crippen LogP contribution in [-0.2, 0) is 19.1 Å². The molecule has 0 aliphatic heterocycles. The minimum Gasteiger partial charge on any atom is -0.494 e. The van der Waals surface area contributed by atoms with Crippen LogP contribution in [0, 0.1) is 13.8 Å². The van der Waals surface area contributed by atoms with Crippen LogP contribution in [0.2, 0.25) is 0 Å². The molecule has 0 atom stereocenters. The summed E-state index contributed by atoms with van der Waals surface area (Å²) in [5.41, 5.74) is 3.39. The predicted octanol–water partition coefficient (Wildman–Crippen LogP) is 3.99. The first-order valence-electron chi connectivity index (χ1n) is 9.93. The van der Waals surface area contributed by atoms with E-state index in [9.17, 15) is 14.4 Å². The van der Waals surface area contributed by atoms with Crippen LogP contribution in [0.4, 0.5) is 11.4 Å². The summed E-state index contributed by atoms with van der Waals surface area (Å²) in [5.74, 6) is -0.398. The van der Waals surface area contributed by atoms with Crippen LogP contribution < -0.4 is 15.4 Å². The van der Waals surface area contributed by atoms with Gasteiger partial charge < -0.3 is 20.1 Å². The van der Waals surface area contributed by atoms with Crippen molar-refractivity contribution in [3.05, 3.63) is 53.6 Å². The lowest BCUT2D eigenvalue weighted by Crippen LogP contribution is -2.21. The maximum absolute atomic E-state index is 12.1. The van der Waals surface area contributed by atoms with Crippen molar-refractivity contribution < 1.29 is 23.9 Å². The molecule has 2 N–H and O–H groups in total. The van der Waals surface area contributed by atoms with Crippen molar-refractivity contribution in [3.63, 3.8) is 0 Å². The van der Waals surface area contributed by atoms with Crippen LogP contribution in [0.3, 0.4) is 0 Å². The van der Waals surface area contributed by atoms with Crippen molar-refractivity contribution in [2.75, 3.05) is 23.8 Å². The Bertz CT molecular complexity index is 878. The summed E-state index contributed by atoms with van der Waals surface area (Å²) in [6, 6.07) is 12.7. The van der Waals surface area contributed by atoms with Crippen LogP contribution in [-0.4, -0.2) is 31.0 Å². The third kappa shape index (κ3) is 7.95. The molecule has 0 fully saturated rings. The smallest absolute Gasteiger partial charge is 0.306 e. The second-order valence-corrected chi connectivity index (χ2v) is 6.89. The lowest BCUT2D eigenvalue weighted by Gasteiger charge is -2.09. The van der Waals surface area contributed by atoms with E-state index >= 15 is 0 Å². The highest BCUT2D eigenvalue weighted by molar-refractivity contribution is 5.93. The quantitative estimate of drug-likeness (QED) is 0.576. The molecule has 0 unspecified atom stereocenters. The van der Waals surface area contributed by atoms with Crippen molar-refractivity contribution in [1.29, 1.82) is 0 Å². The molecule has 2 amide bonds. The number of amides is 2. The molecule has 0 aliphatic carbocycles. The molecule has 0 saturated carbocycles. The molecule has 30 heavy (non-hydrogen) atoms. The second-order valence-electron chi connectivity index (χ2n) is 6.89. The maximum Gasteiger partial charge on any atom is 0.306 e. The van der Waals surface area contributed by atoms with E-state index in [4.69, 9.17) is 9.47 Å². The van der Waals surface area contributed by atoms with Gasteiger partial charge in [0.15, 0.2) is 6.61 Å². The van der Waals surface area contributed by atoms with Gasteiger partial charge >= 0.3 is 5.97 Å².